The van der Waals surface area contributed by atoms with Crippen molar-refractivity contribution in [2.45, 2.75) is 0 Å². The van der Waals surface area contributed by atoms with Gasteiger partial charge in [0.25, 0.3) is 5.91 Å². The molecule has 2 aromatic rings. The lowest BCUT2D eigenvalue weighted by Crippen LogP contribution is -2.13. The van der Waals surface area contributed by atoms with Crippen molar-refractivity contribution in [1.82, 2.24) is 4.98 Å². The van der Waals surface area contributed by atoms with E-state index in [9.17, 15) is 18.0 Å². The van der Waals surface area contributed by atoms with E-state index >= 15 is 0 Å². The Morgan fingerprint density at radius 2 is 1.89 bits per heavy atom. The summed E-state index contributed by atoms with van der Waals surface area (Å²) in [5.74, 6) is -3.13. The van der Waals surface area contributed by atoms with Crippen molar-refractivity contribution in [2.75, 3.05) is 5.32 Å². The lowest BCUT2D eigenvalue weighted by atomic mass is 10.2. The fraction of sp³-hybridized carbons (Fsp3) is 0. The van der Waals surface area contributed by atoms with Crippen LogP contribution in [0.1, 0.15) is 10.4 Å². The molecule has 19 heavy (non-hydrogen) atoms. The predicted octanol–water partition coefficient (Wildman–Crippen LogP) is 3.51. The second-order valence-electron chi connectivity index (χ2n) is 3.57. The fourth-order valence-corrected chi connectivity index (χ4v) is 1.67. The van der Waals surface area contributed by atoms with E-state index < -0.39 is 23.5 Å². The summed E-state index contributed by atoms with van der Waals surface area (Å²) in [4.78, 5) is 15.0. The predicted molar refractivity (Wildman–Crippen MR) is 66.2 cm³/mol. The maximum atomic E-state index is 13.5. The second kappa shape index (κ2) is 5.40. The molecule has 7 heteroatoms. The highest BCUT2D eigenvalue weighted by molar-refractivity contribution is 9.10. The maximum Gasteiger partial charge on any atom is 0.255 e. The normalized spacial score (nSPS) is 10.3. The zero-order chi connectivity index (χ0) is 14.0. The first-order valence-corrected chi connectivity index (χ1v) is 5.84. The summed E-state index contributed by atoms with van der Waals surface area (Å²) >= 11 is 2.82. The topological polar surface area (TPSA) is 42.0 Å². The molecule has 0 aliphatic heterocycles. The van der Waals surface area contributed by atoms with Gasteiger partial charge >= 0.3 is 0 Å². The van der Waals surface area contributed by atoms with Gasteiger partial charge in [-0.15, -0.1) is 0 Å². The SMILES string of the molecule is O=C(Nc1cc(F)c(Br)cc1F)c1ccnc(F)c1. The molecule has 1 N–H and O–H groups in total. The number of carbonyl (C=O) groups excluding carboxylic acids is 1. The lowest BCUT2D eigenvalue weighted by molar-refractivity contribution is 0.102. The first-order valence-electron chi connectivity index (χ1n) is 5.05. The van der Waals surface area contributed by atoms with Gasteiger partial charge in [-0.3, -0.25) is 4.79 Å². The van der Waals surface area contributed by atoms with Gasteiger partial charge in [-0.1, -0.05) is 0 Å². The van der Waals surface area contributed by atoms with Crippen LogP contribution < -0.4 is 5.32 Å². The molecule has 0 radical (unpaired) electrons. The molecular formula is C12H6BrF3N2O. The highest BCUT2D eigenvalue weighted by Gasteiger charge is 2.13. The largest absolute Gasteiger partial charge is 0.319 e. The lowest BCUT2D eigenvalue weighted by Gasteiger charge is -2.07. The van der Waals surface area contributed by atoms with Gasteiger partial charge in [-0.05, 0) is 28.1 Å². The Morgan fingerprint density at radius 1 is 1.16 bits per heavy atom. The van der Waals surface area contributed by atoms with E-state index in [0.29, 0.717) is 0 Å². The molecule has 1 heterocycles. The molecule has 0 aliphatic rings. The third-order valence-electron chi connectivity index (χ3n) is 2.25. The molecular weight excluding hydrogens is 325 g/mol. The number of nitrogens with zero attached hydrogens (tertiary/aromatic N) is 1. The molecule has 0 spiro atoms. The number of amides is 1. The molecule has 0 saturated heterocycles. The molecule has 0 fully saturated rings. The van der Waals surface area contributed by atoms with Crippen LogP contribution in [-0.2, 0) is 0 Å². The minimum absolute atomic E-state index is 0.0461. The highest BCUT2D eigenvalue weighted by atomic mass is 79.9. The van der Waals surface area contributed by atoms with E-state index in [2.05, 4.69) is 26.2 Å². The van der Waals surface area contributed by atoms with Gasteiger partial charge in [-0.2, -0.15) is 4.39 Å². The van der Waals surface area contributed by atoms with E-state index in [0.717, 1.165) is 24.4 Å². The first kappa shape index (κ1) is 13.5. The Balaban J connectivity index is 2.27. The van der Waals surface area contributed by atoms with Gasteiger partial charge in [0.1, 0.15) is 11.6 Å². The van der Waals surface area contributed by atoms with Crippen molar-refractivity contribution >= 4 is 27.5 Å². The van der Waals surface area contributed by atoms with Crippen LogP contribution in [0.15, 0.2) is 34.9 Å². The van der Waals surface area contributed by atoms with Crippen LogP contribution in [-0.4, -0.2) is 10.9 Å². The van der Waals surface area contributed by atoms with E-state index in [4.69, 9.17) is 0 Å². The highest BCUT2D eigenvalue weighted by Crippen LogP contribution is 2.23. The Kier molecular flexibility index (Phi) is 3.84. The third kappa shape index (κ3) is 3.11. The van der Waals surface area contributed by atoms with Crippen LogP contribution in [0.5, 0.6) is 0 Å². The summed E-state index contributed by atoms with van der Waals surface area (Å²) < 4.78 is 39.5. The van der Waals surface area contributed by atoms with Crippen LogP contribution in [0.4, 0.5) is 18.9 Å². The van der Waals surface area contributed by atoms with E-state index in [1.807, 2.05) is 0 Å². The summed E-state index contributed by atoms with van der Waals surface area (Å²) in [5, 5.41) is 2.15. The smallest absolute Gasteiger partial charge is 0.255 e. The van der Waals surface area contributed by atoms with Crippen molar-refractivity contribution in [3.8, 4) is 0 Å². The van der Waals surface area contributed by atoms with Crippen LogP contribution in [0.3, 0.4) is 0 Å². The van der Waals surface area contributed by atoms with Crippen molar-refractivity contribution in [3.63, 3.8) is 0 Å². The summed E-state index contributed by atoms with van der Waals surface area (Å²) in [7, 11) is 0. The van der Waals surface area contributed by atoms with Gasteiger partial charge in [0, 0.05) is 23.9 Å². The summed E-state index contributed by atoms with van der Waals surface area (Å²) in [6.07, 6.45) is 1.10. The van der Waals surface area contributed by atoms with Crippen LogP contribution >= 0.6 is 15.9 Å². The number of anilines is 1. The molecule has 1 aromatic heterocycles. The molecule has 1 aromatic carbocycles. The fourth-order valence-electron chi connectivity index (χ4n) is 1.36. The van der Waals surface area contributed by atoms with E-state index in [-0.39, 0.29) is 15.7 Å². The average Bonchev–Trinajstić information content (AvgIpc) is 2.36. The number of aromatic nitrogens is 1. The van der Waals surface area contributed by atoms with Gasteiger partial charge in [0.05, 0.1) is 10.2 Å². The minimum atomic E-state index is -0.838. The Labute approximate surface area is 114 Å². The first-order chi connectivity index (χ1) is 8.97. The van der Waals surface area contributed by atoms with Crippen molar-refractivity contribution in [2.24, 2.45) is 0 Å². The number of pyridine rings is 1. The molecule has 1 amide bonds. The summed E-state index contributed by atoms with van der Waals surface area (Å²) in [6, 6.07) is 3.86. The molecule has 0 aliphatic carbocycles. The quantitative estimate of drug-likeness (QED) is 0.676. The van der Waals surface area contributed by atoms with E-state index in [1.54, 1.807) is 0 Å². The third-order valence-corrected chi connectivity index (χ3v) is 2.85. The molecule has 0 unspecified atom stereocenters. The van der Waals surface area contributed by atoms with Crippen molar-refractivity contribution < 1.29 is 18.0 Å². The van der Waals surface area contributed by atoms with Crippen LogP contribution in [0.25, 0.3) is 0 Å². The number of rotatable bonds is 2. The molecule has 98 valence electrons. The van der Waals surface area contributed by atoms with Crippen molar-refractivity contribution in [1.29, 1.82) is 0 Å². The number of benzene rings is 1. The zero-order valence-corrected chi connectivity index (χ0v) is 10.8. The molecule has 0 bridgehead atoms. The Morgan fingerprint density at radius 3 is 2.58 bits per heavy atom. The number of carbonyl (C=O) groups is 1. The maximum absolute atomic E-state index is 13.5. The van der Waals surface area contributed by atoms with Gasteiger partial charge < -0.3 is 5.32 Å². The standard InChI is InChI=1S/C12H6BrF3N2O/c13-7-4-9(15)10(5-8(7)14)18-12(19)6-1-2-17-11(16)3-6/h1-5H,(H,18,19). The molecule has 3 nitrogen and oxygen atoms in total. The Bertz CT molecular complexity index is 649. The summed E-state index contributed by atoms with van der Waals surface area (Å²) in [5.41, 5.74) is -0.377. The minimum Gasteiger partial charge on any atom is -0.319 e. The molecule has 0 saturated carbocycles. The van der Waals surface area contributed by atoms with Crippen LogP contribution in [0, 0.1) is 17.6 Å². The van der Waals surface area contributed by atoms with Gasteiger partial charge in [-0.25, -0.2) is 13.8 Å². The average molecular weight is 331 g/mol. The molecule has 2 rings (SSSR count). The van der Waals surface area contributed by atoms with Crippen LogP contribution in [0.2, 0.25) is 0 Å². The molecule has 0 atom stereocenters. The van der Waals surface area contributed by atoms with E-state index in [1.165, 1.54) is 6.07 Å². The van der Waals surface area contributed by atoms with Gasteiger partial charge in [0.2, 0.25) is 5.95 Å². The van der Waals surface area contributed by atoms with Gasteiger partial charge in [0.15, 0.2) is 0 Å². The number of nitrogens with one attached hydrogen (secondary N) is 1. The second-order valence-corrected chi connectivity index (χ2v) is 4.42. The number of hydrogen-bond donors (Lipinski definition) is 1. The van der Waals surface area contributed by atoms with Crippen molar-refractivity contribution in [3.05, 3.63) is 58.1 Å². The zero-order valence-electron chi connectivity index (χ0n) is 9.25. The monoisotopic (exact) mass is 330 g/mol. The summed E-state index contributed by atoms with van der Waals surface area (Å²) in [6.45, 7) is 0. The number of halogens is 4. The Hall–Kier alpha value is -1.89. The number of hydrogen-bond acceptors (Lipinski definition) is 2.